The Hall–Kier alpha value is -0.940. The van der Waals surface area contributed by atoms with Crippen LogP contribution in [0.4, 0.5) is 0 Å². The van der Waals surface area contributed by atoms with E-state index in [0.717, 1.165) is 31.6 Å². The highest BCUT2D eigenvalue weighted by Crippen LogP contribution is 2.32. The summed E-state index contributed by atoms with van der Waals surface area (Å²) in [5.41, 5.74) is -0.0534. The Labute approximate surface area is 89.5 Å². The highest BCUT2D eigenvalue weighted by atomic mass is 16.3. The minimum absolute atomic E-state index is 0.239. The summed E-state index contributed by atoms with van der Waals surface area (Å²) in [4.78, 5) is 0. The maximum atomic E-state index is 10.5. The molecule has 5 heteroatoms. The van der Waals surface area contributed by atoms with Crippen molar-refractivity contribution in [3.63, 3.8) is 0 Å². The summed E-state index contributed by atoms with van der Waals surface area (Å²) >= 11 is 0. The number of hydrogen-bond acceptors (Lipinski definition) is 4. The molecule has 1 aliphatic rings. The van der Waals surface area contributed by atoms with Crippen molar-refractivity contribution in [1.82, 2.24) is 20.3 Å². The summed E-state index contributed by atoms with van der Waals surface area (Å²) in [6.45, 7) is 3.76. The van der Waals surface area contributed by atoms with Crippen molar-refractivity contribution in [2.75, 3.05) is 13.1 Å². The van der Waals surface area contributed by atoms with Gasteiger partial charge in [0, 0.05) is 19.5 Å². The average Bonchev–Trinajstić information content (AvgIpc) is 2.66. The Balaban J connectivity index is 2.21. The van der Waals surface area contributed by atoms with Gasteiger partial charge in [-0.1, -0.05) is 5.21 Å². The predicted octanol–water partition coefficient (Wildman–Crippen LogP) is 0.0222. The monoisotopic (exact) mass is 210 g/mol. The fourth-order valence-electron chi connectivity index (χ4n) is 2.29. The van der Waals surface area contributed by atoms with Crippen molar-refractivity contribution in [1.29, 1.82) is 0 Å². The van der Waals surface area contributed by atoms with E-state index in [2.05, 4.69) is 15.6 Å². The highest BCUT2D eigenvalue weighted by molar-refractivity contribution is 5.09. The van der Waals surface area contributed by atoms with Gasteiger partial charge in [0.1, 0.15) is 5.60 Å². The molecule has 2 atom stereocenters. The zero-order valence-electron chi connectivity index (χ0n) is 9.27. The molecule has 1 aromatic heterocycles. The third-order valence-electron chi connectivity index (χ3n) is 3.32. The fourth-order valence-corrected chi connectivity index (χ4v) is 2.29. The molecule has 2 heterocycles. The molecule has 0 saturated carbocycles. The smallest absolute Gasteiger partial charge is 0.109 e. The maximum Gasteiger partial charge on any atom is 0.109 e. The largest absolute Gasteiger partial charge is 0.383 e. The summed E-state index contributed by atoms with van der Waals surface area (Å²) in [5.74, 6) is 0.239. The van der Waals surface area contributed by atoms with Gasteiger partial charge >= 0.3 is 0 Å². The Morgan fingerprint density at radius 1 is 1.67 bits per heavy atom. The molecule has 1 aliphatic heterocycles. The molecule has 1 fully saturated rings. The number of hydrogen-bond donors (Lipinski definition) is 2. The van der Waals surface area contributed by atoms with Gasteiger partial charge in [0.15, 0.2) is 0 Å². The van der Waals surface area contributed by atoms with Crippen molar-refractivity contribution in [3.8, 4) is 0 Å². The molecule has 1 aromatic rings. The summed E-state index contributed by atoms with van der Waals surface area (Å²) in [5, 5.41) is 21.5. The number of nitrogens with one attached hydrogen (secondary N) is 1. The first-order valence-corrected chi connectivity index (χ1v) is 5.40. The predicted molar refractivity (Wildman–Crippen MR) is 56.2 cm³/mol. The first kappa shape index (κ1) is 10.6. The van der Waals surface area contributed by atoms with Crippen molar-refractivity contribution in [2.24, 2.45) is 13.0 Å². The van der Waals surface area contributed by atoms with Gasteiger partial charge in [-0.2, -0.15) is 0 Å². The lowest BCUT2D eigenvalue weighted by atomic mass is 9.81. The van der Waals surface area contributed by atoms with Crippen LogP contribution in [0.3, 0.4) is 0 Å². The van der Waals surface area contributed by atoms with E-state index in [9.17, 15) is 5.11 Å². The van der Waals surface area contributed by atoms with Crippen LogP contribution in [0, 0.1) is 5.92 Å². The minimum Gasteiger partial charge on any atom is -0.383 e. The molecule has 1 saturated heterocycles. The number of aryl methyl sites for hydroxylation is 1. The zero-order chi connectivity index (χ0) is 10.9. The second-order valence-electron chi connectivity index (χ2n) is 4.43. The van der Waals surface area contributed by atoms with E-state index >= 15 is 0 Å². The SMILES string of the molecule is Cn1nncc1C(C)(O)C1CCCNC1. The lowest BCUT2D eigenvalue weighted by molar-refractivity contribution is -0.0224. The molecular weight excluding hydrogens is 192 g/mol. The average molecular weight is 210 g/mol. The van der Waals surface area contributed by atoms with Crippen LogP contribution in [0.5, 0.6) is 0 Å². The van der Waals surface area contributed by atoms with Gasteiger partial charge in [-0.3, -0.25) is 0 Å². The zero-order valence-corrected chi connectivity index (χ0v) is 9.27. The first-order valence-electron chi connectivity index (χ1n) is 5.40. The lowest BCUT2D eigenvalue weighted by Gasteiger charge is -2.35. The Bertz CT molecular complexity index is 328. The van der Waals surface area contributed by atoms with E-state index in [0.29, 0.717) is 0 Å². The second-order valence-corrected chi connectivity index (χ2v) is 4.43. The van der Waals surface area contributed by atoms with Gasteiger partial charge in [-0.15, -0.1) is 5.10 Å². The molecular formula is C10H18N4O. The molecule has 0 aromatic carbocycles. The molecule has 5 nitrogen and oxygen atoms in total. The lowest BCUT2D eigenvalue weighted by Crippen LogP contribution is -2.43. The van der Waals surface area contributed by atoms with Crippen LogP contribution in [0.25, 0.3) is 0 Å². The van der Waals surface area contributed by atoms with Gasteiger partial charge in [-0.05, 0) is 26.3 Å². The van der Waals surface area contributed by atoms with Crippen molar-refractivity contribution in [2.45, 2.75) is 25.4 Å². The molecule has 2 N–H and O–H groups in total. The van der Waals surface area contributed by atoms with Crippen LogP contribution in [-0.4, -0.2) is 33.2 Å². The number of nitrogens with zero attached hydrogens (tertiary/aromatic N) is 3. The molecule has 0 radical (unpaired) electrons. The quantitative estimate of drug-likeness (QED) is 0.722. The van der Waals surface area contributed by atoms with E-state index in [4.69, 9.17) is 0 Å². The van der Waals surface area contributed by atoms with Crippen LogP contribution in [-0.2, 0) is 12.6 Å². The summed E-state index contributed by atoms with van der Waals surface area (Å²) in [7, 11) is 1.81. The van der Waals surface area contributed by atoms with E-state index in [1.807, 2.05) is 14.0 Å². The molecule has 2 unspecified atom stereocenters. The summed E-state index contributed by atoms with van der Waals surface area (Å²) in [6, 6.07) is 0. The number of rotatable bonds is 2. The molecule has 0 spiro atoms. The van der Waals surface area contributed by atoms with Crippen molar-refractivity contribution >= 4 is 0 Å². The molecule has 84 valence electrons. The third-order valence-corrected chi connectivity index (χ3v) is 3.32. The number of aliphatic hydroxyl groups is 1. The van der Waals surface area contributed by atoms with Crippen LogP contribution in [0.15, 0.2) is 6.20 Å². The third kappa shape index (κ3) is 1.89. The normalized spacial score (nSPS) is 26.2. The van der Waals surface area contributed by atoms with Crippen molar-refractivity contribution in [3.05, 3.63) is 11.9 Å². The molecule has 0 amide bonds. The molecule has 15 heavy (non-hydrogen) atoms. The van der Waals surface area contributed by atoms with Crippen molar-refractivity contribution < 1.29 is 5.11 Å². The van der Waals surface area contributed by atoms with E-state index in [1.54, 1.807) is 10.9 Å². The van der Waals surface area contributed by atoms with Crippen LogP contribution in [0.1, 0.15) is 25.5 Å². The Morgan fingerprint density at radius 2 is 2.47 bits per heavy atom. The van der Waals surface area contributed by atoms with Crippen LogP contribution < -0.4 is 5.32 Å². The summed E-state index contributed by atoms with van der Waals surface area (Å²) in [6.07, 6.45) is 3.81. The van der Waals surface area contributed by atoms with Gasteiger partial charge in [0.25, 0.3) is 0 Å². The molecule has 0 aliphatic carbocycles. The molecule has 2 rings (SSSR count). The summed E-state index contributed by atoms with van der Waals surface area (Å²) < 4.78 is 1.65. The van der Waals surface area contributed by atoms with Crippen LogP contribution in [0.2, 0.25) is 0 Å². The van der Waals surface area contributed by atoms with E-state index in [1.165, 1.54) is 0 Å². The maximum absolute atomic E-state index is 10.5. The van der Waals surface area contributed by atoms with Gasteiger partial charge in [0.2, 0.25) is 0 Å². The van der Waals surface area contributed by atoms with E-state index in [-0.39, 0.29) is 5.92 Å². The van der Waals surface area contributed by atoms with E-state index < -0.39 is 5.60 Å². The standard InChI is InChI=1S/C10H18N4O/c1-10(15,8-4-3-5-11-6-8)9-7-12-13-14(9)2/h7-8,11,15H,3-6H2,1-2H3. The Morgan fingerprint density at radius 3 is 3.00 bits per heavy atom. The van der Waals surface area contributed by atoms with Gasteiger partial charge in [0.05, 0.1) is 11.9 Å². The number of piperidine rings is 1. The fraction of sp³-hybridized carbons (Fsp3) is 0.800. The number of aromatic nitrogens is 3. The van der Waals surface area contributed by atoms with Gasteiger partial charge in [-0.25, -0.2) is 4.68 Å². The molecule has 0 bridgehead atoms. The topological polar surface area (TPSA) is 63.0 Å². The Kier molecular flexibility index (Phi) is 2.75. The van der Waals surface area contributed by atoms with Gasteiger partial charge < -0.3 is 10.4 Å². The van der Waals surface area contributed by atoms with Crippen LogP contribution >= 0.6 is 0 Å². The minimum atomic E-state index is -0.842. The second kappa shape index (κ2) is 3.90. The first-order chi connectivity index (χ1) is 7.12. The highest BCUT2D eigenvalue weighted by Gasteiger charge is 2.36.